The normalized spacial score (nSPS) is 10.8. The van der Waals surface area contributed by atoms with Gasteiger partial charge >= 0.3 is 0 Å². The highest BCUT2D eigenvalue weighted by Gasteiger charge is 2.16. The predicted octanol–water partition coefficient (Wildman–Crippen LogP) is 4.95. The molecule has 0 aliphatic carbocycles. The van der Waals surface area contributed by atoms with E-state index in [-0.39, 0.29) is 5.91 Å². The van der Waals surface area contributed by atoms with Crippen LogP contribution in [0.25, 0.3) is 21.9 Å². The van der Waals surface area contributed by atoms with E-state index in [2.05, 4.69) is 31.2 Å². The molecule has 116 valence electrons. The number of fused-ring (bicyclic) bond motifs is 1. The molecule has 2 heteroatoms. The first-order valence-corrected chi connectivity index (χ1v) is 8.12. The molecule has 0 spiro atoms. The molecule has 0 aliphatic rings. The Morgan fingerprint density at radius 2 is 1.65 bits per heavy atom. The molecule has 3 aromatic rings. The second-order valence-electron chi connectivity index (χ2n) is 5.83. The van der Waals surface area contributed by atoms with Crippen LogP contribution < -0.4 is 5.73 Å². The van der Waals surface area contributed by atoms with Gasteiger partial charge in [0.25, 0.3) is 0 Å². The molecule has 0 heterocycles. The smallest absolute Gasteiger partial charge is 0.249 e. The molecular formula is C21H21NO. The summed E-state index contributed by atoms with van der Waals surface area (Å²) in [5.74, 6) is -0.373. The third-order valence-electron chi connectivity index (χ3n) is 4.28. The van der Waals surface area contributed by atoms with Crippen LogP contribution in [-0.4, -0.2) is 5.91 Å². The Hall–Kier alpha value is -2.61. The van der Waals surface area contributed by atoms with Gasteiger partial charge in [0.2, 0.25) is 5.91 Å². The van der Waals surface area contributed by atoms with E-state index in [0.29, 0.717) is 5.56 Å². The molecule has 0 aromatic heterocycles. The molecule has 0 saturated heterocycles. The summed E-state index contributed by atoms with van der Waals surface area (Å²) < 4.78 is 0. The van der Waals surface area contributed by atoms with Crippen molar-refractivity contribution < 1.29 is 4.79 Å². The average molecular weight is 303 g/mol. The molecule has 0 saturated carbocycles. The van der Waals surface area contributed by atoms with Crippen LogP contribution in [0.4, 0.5) is 0 Å². The van der Waals surface area contributed by atoms with Crippen LogP contribution in [0.15, 0.2) is 60.7 Å². The van der Waals surface area contributed by atoms with Crippen molar-refractivity contribution in [3.63, 3.8) is 0 Å². The standard InChI is InChI=1S/C21H21NO/c1-2-3-8-15-9-4-6-11-17(15)19-14-13-16-10-5-7-12-18(16)20(19)21(22)23/h4-7,9-14H,2-3,8H2,1H3,(H2,22,23). The summed E-state index contributed by atoms with van der Waals surface area (Å²) >= 11 is 0. The number of benzene rings is 3. The average Bonchev–Trinajstić information content (AvgIpc) is 2.59. The maximum Gasteiger partial charge on any atom is 0.249 e. The van der Waals surface area contributed by atoms with E-state index in [9.17, 15) is 4.79 Å². The number of nitrogens with two attached hydrogens (primary N) is 1. The van der Waals surface area contributed by atoms with Crippen molar-refractivity contribution in [3.8, 4) is 11.1 Å². The Balaban J connectivity index is 2.25. The molecule has 2 nitrogen and oxygen atoms in total. The summed E-state index contributed by atoms with van der Waals surface area (Å²) in [5, 5.41) is 1.96. The number of amides is 1. The van der Waals surface area contributed by atoms with Crippen molar-refractivity contribution in [2.45, 2.75) is 26.2 Å². The number of aryl methyl sites for hydroxylation is 1. The van der Waals surface area contributed by atoms with E-state index in [1.54, 1.807) is 0 Å². The number of hydrogen-bond donors (Lipinski definition) is 1. The minimum absolute atomic E-state index is 0.373. The lowest BCUT2D eigenvalue weighted by Gasteiger charge is -2.14. The second-order valence-corrected chi connectivity index (χ2v) is 5.83. The first-order valence-electron chi connectivity index (χ1n) is 8.12. The van der Waals surface area contributed by atoms with Gasteiger partial charge in [-0.05, 0) is 40.3 Å². The van der Waals surface area contributed by atoms with Crippen molar-refractivity contribution in [1.29, 1.82) is 0 Å². The van der Waals surface area contributed by atoms with Crippen molar-refractivity contribution >= 4 is 16.7 Å². The molecule has 0 aliphatic heterocycles. The van der Waals surface area contributed by atoms with Gasteiger partial charge in [0.05, 0.1) is 5.56 Å². The van der Waals surface area contributed by atoms with Gasteiger partial charge in [0.15, 0.2) is 0 Å². The molecule has 3 rings (SSSR count). The first-order chi connectivity index (χ1) is 11.2. The zero-order valence-corrected chi connectivity index (χ0v) is 13.4. The number of carbonyl (C=O) groups excluding carboxylic acids is 1. The molecule has 3 aromatic carbocycles. The van der Waals surface area contributed by atoms with E-state index in [0.717, 1.165) is 41.2 Å². The SMILES string of the molecule is CCCCc1ccccc1-c1ccc2ccccc2c1C(N)=O. The first kappa shape index (κ1) is 15.3. The molecule has 0 unspecified atom stereocenters. The van der Waals surface area contributed by atoms with E-state index < -0.39 is 0 Å². The maximum atomic E-state index is 12.2. The van der Waals surface area contributed by atoms with Crippen molar-refractivity contribution in [2.24, 2.45) is 5.73 Å². The van der Waals surface area contributed by atoms with Crippen LogP contribution >= 0.6 is 0 Å². The molecule has 0 fully saturated rings. The summed E-state index contributed by atoms with van der Waals surface area (Å²) in [7, 11) is 0. The number of hydrogen-bond acceptors (Lipinski definition) is 1. The Morgan fingerprint density at radius 3 is 2.43 bits per heavy atom. The molecule has 0 bridgehead atoms. The third kappa shape index (κ3) is 2.98. The fourth-order valence-corrected chi connectivity index (χ4v) is 3.13. The van der Waals surface area contributed by atoms with Gasteiger partial charge in [-0.2, -0.15) is 0 Å². The zero-order chi connectivity index (χ0) is 16.2. The van der Waals surface area contributed by atoms with Gasteiger partial charge < -0.3 is 5.73 Å². The number of unbranched alkanes of at least 4 members (excludes halogenated alkanes) is 1. The Morgan fingerprint density at radius 1 is 0.913 bits per heavy atom. The van der Waals surface area contributed by atoms with E-state index in [1.165, 1.54) is 5.56 Å². The molecule has 0 atom stereocenters. The van der Waals surface area contributed by atoms with Crippen molar-refractivity contribution in [3.05, 3.63) is 71.8 Å². The lowest BCUT2D eigenvalue weighted by Crippen LogP contribution is -2.13. The summed E-state index contributed by atoms with van der Waals surface area (Å²) in [4.78, 5) is 12.2. The van der Waals surface area contributed by atoms with Crippen LogP contribution in [0.5, 0.6) is 0 Å². The van der Waals surface area contributed by atoms with Gasteiger partial charge in [-0.3, -0.25) is 4.79 Å². The lowest BCUT2D eigenvalue weighted by atomic mass is 9.90. The van der Waals surface area contributed by atoms with E-state index in [1.807, 2.05) is 36.4 Å². The van der Waals surface area contributed by atoms with E-state index >= 15 is 0 Å². The van der Waals surface area contributed by atoms with Crippen LogP contribution in [0.3, 0.4) is 0 Å². The fraction of sp³-hybridized carbons (Fsp3) is 0.190. The maximum absolute atomic E-state index is 12.2. The van der Waals surface area contributed by atoms with Gasteiger partial charge in [-0.1, -0.05) is 74.0 Å². The fourth-order valence-electron chi connectivity index (χ4n) is 3.13. The Bertz CT molecular complexity index is 851. The van der Waals surface area contributed by atoms with Gasteiger partial charge in [-0.25, -0.2) is 0 Å². The summed E-state index contributed by atoms with van der Waals surface area (Å²) in [6, 6.07) is 20.3. The van der Waals surface area contributed by atoms with Crippen LogP contribution in [0, 0.1) is 0 Å². The number of carbonyl (C=O) groups is 1. The topological polar surface area (TPSA) is 43.1 Å². The second kappa shape index (κ2) is 6.66. The molecule has 0 radical (unpaired) electrons. The highest BCUT2D eigenvalue weighted by atomic mass is 16.1. The quantitative estimate of drug-likeness (QED) is 0.712. The van der Waals surface area contributed by atoms with Crippen LogP contribution in [0.1, 0.15) is 35.7 Å². The molecular weight excluding hydrogens is 282 g/mol. The highest BCUT2D eigenvalue weighted by Crippen LogP contribution is 2.32. The third-order valence-corrected chi connectivity index (χ3v) is 4.28. The van der Waals surface area contributed by atoms with Gasteiger partial charge in [0.1, 0.15) is 0 Å². The summed E-state index contributed by atoms with van der Waals surface area (Å²) in [6.07, 6.45) is 3.29. The summed E-state index contributed by atoms with van der Waals surface area (Å²) in [5.41, 5.74) is 9.66. The predicted molar refractivity (Wildman–Crippen MR) is 96.5 cm³/mol. The highest BCUT2D eigenvalue weighted by molar-refractivity contribution is 6.12. The van der Waals surface area contributed by atoms with Crippen LogP contribution in [0.2, 0.25) is 0 Å². The van der Waals surface area contributed by atoms with E-state index in [4.69, 9.17) is 5.73 Å². The molecule has 2 N–H and O–H groups in total. The number of primary amides is 1. The Kier molecular flexibility index (Phi) is 4.42. The number of rotatable bonds is 5. The zero-order valence-electron chi connectivity index (χ0n) is 13.4. The van der Waals surface area contributed by atoms with Gasteiger partial charge in [-0.15, -0.1) is 0 Å². The monoisotopic (exact) mass is 303 g/mol. The largest absolute Gasteiger partial charge is 0.366 e. The van der Waals surface area contributed by atoms with Crippen molar-refractivity contribution in [1.82, 2.24) is 0 Å². The lowest BCUT2D eigenvalue weighted by molar-refractivity contribution is 0.100. The minimum Gasteiger partial charge on any atom is -0.366 e. The molecule has 23 heavy (non-hydrogen) atoms. The Labute approximate surface area is 136 Å². The van der Waals surface area contributed by atoms with Crippen molar-refractivity contribution in [2.75, 3.05) is 0 Å². The van der Waals surface area contributed by atoms with Crippen LogP contribution in [-0.2, 0) is 6.42 Å². The minimum atomic E-state index is -0.373. The van der Waals surface area contributed by atoms with Gasteiger partial charge in [0, 0.05) is 0 Å². The molecule has 1 amide bonds. The summed E-state index contributed by atoms with van der Waals surface area (Å²) in [6.45, 7) is 2.19.